The van der Waals surface area contributed by atoms with Crippen molar-refractivity contribution in [3.05, 3.63) is 42.5 Å². The Morgan fingerprint density at radius 2 is 2.00 bits per heavy atom. The van der Waals surface area contributed by atoms with E-state index in [-0.39, 0.29) is 0 Å². The van der Waals surface area contributed by atoms with Gasteiger partial charge in [-0.1, -0.05) is 36.9 Å². The summed E-state index contributed by atoms with van der Waals surface area (Å²) in [5.74, 6) is 0. The fraction of sp³-hybridized carbons (Fsp3) is 0.429. The maximum Gasteiger partial charge on any atom is 0.0594 e. The average molecular weight is 219 g/mol. The molecule has 0 aliphatic rings. The molecule has 0 atom stereocenters. The molecule has 1 N–H and O–H groups in total. The van der Waals surface area contributed by atoms with Crippen molar-refractivity contribution < 1.29 is 4.74 Å². The minimum atomic E-state index is 0.305. The van der Waals surface area contributed by atoms with E-state index in [9.17, 15) is 0 Å². The fourth-order valence-corrected chi connectivity index (χ4v) is 1.38. The number of ether oxygens (including phenoxy) is 1. The van der Waals surface area contributed by atoms with Gasteiger partial charge in [-0.05, 0) is 25.0 Å². The summed E-state index contributed by atoms with van der Waals surface area (Å²) in [6, 6.07) is 10.2. The molecule has 0 spiro atoms. The number of hydrogen-bond donors (Lipinski definition) is 1. The van der Waals surface area contributed by atoms with Gasteiger partial charge in [-0.25, -0.2) is 0 Å². The highest BCUT2D eigenvalue weighted by Gasteiger charge is 1.97. The predicted octanol–water partition coefficient (Wildman–Crippen LogP) is 2.71. The van der Waals surface area contributed by atoms with Crippen LogP contribution in [0.5, 0.6) is 0 Å². The molecule has 1 aromatic carbocycles. The van der Waals surface area contributed by atoms with Gasteiger partial charge in [0, 0.05) is 13.1 Å². The third kappa shape index (κ3) is 5.10. The summed E-state index contributed by atoms with van der Waals surface area (Å²) >= 11 is 0. The Kier molecular flexibility index (Phi) is 5.83. The molecule has 0 saturated heterocycles. The molecule has 2 nitrogen and oxygen atoms in total. The zero-order valence-corrected chi connectivity index (χ0v) is 10.2. The lowest BCUT2D eigenvalue weighted by atomic mass is 10.1. The second-order valence-electron chi connectivity index (χ2n) is 4.07. The lowest BCUT2D eigenvalue weighted by Crippen LogP contribution is -2.22. The van der Waals surface area contributed by atoms with Crippen LogP contribution in [0.25, 0.3) is 5.57 Å². The molecule has 2 heteroatoms. The van der Waals surface area contributed by atoms with Crippen molar-refractivity contribution in [1.29, 1.82) is 0 Å². The van der Waals surface area contributed by atoms with E-state index in [0.717, 1.165) is 25.3 Å². The molecular formula is C14H21NO. The van der Waals surface area contributed by atoms with Crippen LogP contribution < -0.4 is 5.32 Å². The fourth-order valence-electron chi connectivity index (χ4n) is 1.38. The van der Waals surface area contributed by atoms with Gasteiger partial charge >= 0.3 is 0 Å². The van der Waals surface area contributed by atoms with Crippen LogP contribution in [-0.4, -0.2) is 25.8 Å². The van der Waals surface area contributed by atoms with Gasteiger partial charge in [0.05, 0.1) is 12.7 Å². The Labute approximate surface area is 98.3 Å². The quantitative estimate of drug-likeness (QED) is 0.712. The summed E-state index contributed by atoms with van der Waals surface area (Å²) in [4.78, 5) is 0. The molecule has 88 valence electrons. The van der Waals surface area contributed by atoms with E-state index < -0.39 is 0 Å². The first-order valence-electron chi connectivity index (χ1n) is 5.75. The summed E-state index contributed by atoms with van der Waals surface area (Å²) < 4.78 is 5.44. The van der Waals surface area contributed by atoms with Gasteiger partial charge in [0.25, 0.3) is 0 Å². The number of hydrogen-bond acceptors (Lipinski definition) is 2. The van der Waals surface area contributed by atoms with Crippen LogP contribution in [0.15, 0.2) is 36.9 Å². The van der Waals surface area contributed by atoms with Crippen molar-refractivity contribution in [1.82, 2.24) is 5.32 Å². The monoisotopic (exact) mass is 219 g/mol. The SMILES string of the molecule is C=C(CNCCOC(C)C)c1ccccc1. The van der Waals surface area contributed by atoms with Crippen molar-refractivity contribution in [3.8, 4) is 0 Å². The average Bonchev–Trinajstić information content (AvgIpc) is 2.29. The largest absolute Gasteiger partial charge is 0.377 e. The lowest BCUT2D eigenvalue weighted by molar-refractivity contribution is 0.0814. The molecule has 1 rings (SSSR count). The van der Waals surface area contributed by atoms with Gasteiger partial charge in [-0.2, -0.15) is 0 Å². The molecule has 0 aliphatic carbocycles. The van der Waals surface area contributed by atoms with Crippen LogP contribution >= 0.6 is 0 Å². The molecule has 0 fully saturated rings. The number of benzene rings is 1. The van der Waals surface area contributed by atoms with E-state index in [4.69, 9.17) is 4.74 Å². The van der Waals surface area contributed by atoms with E-state index in [1.165, 1.54) is 5.56 Å². The summed E-state index contributed by atoms with van der Waals surface area (Å²) in [6.07, 6.45) is 0.305. The Morgan fingerprint density at radius 3 is 2.62 bits per heavy atom. The van der Waals surface area contributed by atoms with Crippen LogP contribution in [0.3, 0.4) is 0 Å². The van der Waals surface area contributed by atoms with Gasteiger partial charge in [-0.15, -0.1) is 0 Å². The van der Waals surface area contributed by atoms with Gasteiger partial charge in [-0.3, -0.25) is 0 Å². The van der Waals surface area contributed by atoms with Gasteiger partial charge in [0.2, 0.25) is 0 Å². The van der Waals surface area contributed by atoms with Crippen LogP contribution in [0, 0.1) is 0 Å². The van der Waals surface area contributed by atoms with E-state index in [1.54, 1.807) is 0 Å². The maximum atomic E-state index is 5.44. The van der Waals surface area contributed by atoms with E-state index in [2.05, 4.69) is 24.0 Å². The zero-order chi connectivity index (χ0) is 11.8. The molecule has 0 heterocycles. The summed E-state index contributed by atoms with van der Waals surface area (Å²) in [7, 11) is 0. The summed E-state index contributed by atoms with van der Waals surface area (Å²) in [5, 5.41) is 3.31. The standard InChI is InChI=1S/C14H21NO/c1-12(2)16-10-9-15-11-13(3)14-7-5-4-6-8-14/h4-8,12,15H,3,9-11H2,1-2H3. The Balaban J connectivity index is 2.16. The van der Waals surface area contributed by atoms with E-state index >= 15 is 0 Å². The highest BCUT2D eigenvalue weighted by molar-refractivity contribution is 5.64. The second kappa shape index (κ2) is 7.20. The highest BCUT2D eigenvalue weighted by Crippen LogP contribution is 2.09. The molecule has 0 saturated carbocycles. The maximum absolute atomic E-state index is 5.44. The first kappa shape index (κ1) is 12.9. The molecule has 0 bridgehead atoms. The topological polar surface area (TPSA) is 21.3 Å². The normalized spacial score (nSPS) is 10.7. The third-order valence-electron chi connectivity index (χ3n) is 2.25. The van der Waals surface area contributed by atoms with Crippen molar-refractivity contribution in [2.24, 2.45) is 0 Å². The first-order chi connectivity index (χ1) is 7.70. The first-order valence-corrected chi connectivity index (χ1v) is 5.75. The van der Waals surface area contributed by atoms with Crippen LogP contribution in [0.2, 0.25) is 0 Å². The molecule has 1 aromatic rings. The van der Waals surface area contributed by atoms with Crippen LogP contribution in [-0.2, 0) is 4.74 Å². The lowest BCUT2D eigenvalue weighted by Gasteiger charge is -2.10. The molecular weight excluding hydrogens is 198 g/mol. The zero-order valence-electron chi connectivity index (χ0n) is 10.2. The minimum Gasteiger partial charge on any atom is -0.377 e. The smallest absolute Gasteiger partial charge is 0.0594 e. The summed E-state index contributed by atoms with van der Waals surface area (Å²) in [6.45, 7) is 10.6. The Bertz CT molecular complexity index is 306. The Hall–Kier alpha value is -1.12. The van der Waals surface area contributed by atoms with Gasteiger partial charge in [0.15, 0.2) is 0 Å². The van der Waals surface area contributed by atoms with Crippen molar-refractivity contribution in [3.63, 3.8) is 0 Å². The second-order valence-corrected chi connectivity index (χ2v) is 4.07. The Morgan fingerprint density at radius 1 is 1.31 bits per heavy atom. The van der Waals surface area contributed by atoms with Gasteiger partial charge < -0.3 is 10.1 Å². The van der Waals surface area contributed by atoms with Crippen molar-refractivity contribution in [2.75, 3.05) is 19.7 Å². The molecule has 16 heavy (non-hydrogen) atoms. The third-order valence-corrected chi connectivity index (χ3v) is 2.25. The summed E-state index contributed by atoms with van der Waals surface area (Å²) in [5.41, 5.74) is 2.31. The van der Waals surface area contributed by atoms with E-state index in [1.807, 2.05) is 32.0 Å². The van der Waals surface area contributed by atoms with E-state index in [0.29, 0.717) is 6.10 Å². The molecule has 0 radical (unpaired) electrons. The van der Waals surface area contributed by atoms with Crippen LogP contribution in [0.4, 0.5) is 0 Å². The minimum absolute atomic E-state index is 0.305. The number of rotatable bonds is 7. The molecule has 0 aliphatic heterocycles. The molecule has 0 aromatic heterocycles. The molecule has 0 amide bonds. The van der Waals surface area contributed by atoms with Crippen LogP contribution in [0.1, 0.15) is 19.4 Å². The van der Waals surface area contributed by atoms with Crippen molar-refractivity contribution in [2.45, 2.75) is 20.0 Å². The van der Waals surface area contributed by atoms with Crippen molar-refractivity contribution >= 4 is 5.57 Å². The predicted molar refractivity (Wildman–Crippen MR) is 69.4 cm³/mol. The molecule has 0 unspecified atom stereocenters. The highest BCUT2D eigenvalue weighted by atomic mass is 16.5. The number of nitrogens with one attached hydrogen (secondary N) is 1. The van der Waals surface area contributed by atoms with Gasteiger partial charge in [0.1, 0.15) is 0 Å².